The second-order valence-corrected chi connectivity index (χ2v) is 8.03. The number of carbonyl (C=O) groups is 1. The van der Waals surface area contributed by atoms with Gasteiger partial charge in [-0.15, -0.1) is 5.10 Å². The molecule has 5 rings (SSSR count). The Labute approximate surface area is 203 Å². The van der Waals surface area contributed by atoms with Gasteiger partial charge in [0.15, 0.2) is 0 Å². The molecule has 0 aliphatic rings. The van der Waals surface area contributed by atoms with E-state index >= 15 is 0 Å². The molecule has 0 saturated carbocycles. The predicted octanol–water partition coefficient (Wildman–Crippen LogP) is 4.51. The number of hydrogen-bond acceptors (Lipinski definition) is 4. The summed E-state index contributed by atoms with van der Waals surface area (Å²) in [6.07, 6.45) is 6.90. The Morgan fingerprint density at radius 3 is 2.29 bits per heavy atom. The molecule has 172 valence electrons. The smallest absolute Gasteiger partial charge is 0.244 e. The summed E-state index contributed by atoms with van der Waals surface area (Å²) in [6.45, 7) is 0.975. The molecule has 0 aliphatic carbocycles. The third-order valence-corrected chi connectivity index (χ3v) is 5.46. The minimum absolute atomic E-state index is 0.214. The van der Waals surface area contributed by atoms with Gasteiger partial charge in [-0.1, -0.05) is 84.1 Å². The molecule has 0 fully saturated rings. The SMILES string of the molecule is O=C(/C=C/c1cn(Cc2ccccc2)nn1)NCc1cn(-c2ccccc2)nc1-c1ccccc1. The van der Waals surface area contributed by atoms with Crippen molar-refractivity contribution < 1.29 is 4.79 Å². The number of hydrogen-bond donors (Lipinski definition) is 1. The van der Waals surface area contributed by atoms with Crippen LogP contribution in [0.5, 0.6) is 0 Å². The van der Waals surface area contributed by atoms with E-state index in [2.05, 4.69) is 15.6 Å². The van der Waals surface area contributed by atoms with E-state index in [-0.39, 0.29) is 5.91 Å². The first-order chi connectivity index (χ1) is 17.2. The molecule has 0 atom stereocenters. The predicted molar refractivity (Wildman–Crippen MR) is 135 cm³/mol. The van der Waals surface area contributed by atoms with E-state index in [1.54, 1.807) is 10.8 Å². The van der Waals surface area contributed by atoms with Crippen molar-refractivity contribution >= 4 is 12.0 Å². The van der Waals surface area contributed by atoms with Crippen molar-refractivity contribution in [3.8, 4) is 16.9 Å². The molecule has 0 spiro atoms. The van der Waals surface area contributed by atoms with Crippen LogP contribution in [0.1, 0.15) is 16.8 Å². The van der Waals surface area contributed by atoms with E-state index in [4.69, 9.17) is 5.10 Å². The van der Waals surface area contributed by atoms with Gasteiger partial charge in [-0.3, -0.25) is 4.79 Å². The van der Waals surface area contributed by atoms with E-state index in [9.17, 15) is 4.79 Å². The molecular weight excluding hydrogens is 436 g/mol. The molecule has 0 bridgehead atoms. The summed E-state index contributed by atoms with van der Waals surface area (Å²) in [5.41, 5.74) is 5.48. The molecule has 35 heavy (non-hydrogen) atoms. The zero-order chi connectivity index (χ0) is 23.9. The second-order valence-electron chi connectivity index (χ2n) is 8.03. The fraction of sp³-hybridized carbons (Fsp3) is 0.0714. The molecule has 1 N–H and O–H groups in total. The normalized spacial score (nSPS) is 11.1. The van der Waals surface area contributed by atoms with Crippen molar-refractivity contribution in [2.24, 2.45) is 0 Å². The molecule has 0 aliphatic heterocycles. The first-order valence-electron chi connectivity index (χ1n) is 11.3. The minimum atomic E-state index is -0.214. The summed E-state index contributed by atoms with van der Waals surface area (Å²) in [5, 5.41) is 16.0. The van der Waals surface area contributed by atoms with Crippen LogP contribution in [0.4, 0.5) is 0 Å². The topological polar surface area (TPSA) is 77.6 Å². The third kappa shape index (κ3) is 5.59. The Hall–Kier alpha value is -4.78. The van der Waals surface area contributed by atoms with Crippen LogP contribution in [-0.2, 0) is 17.9 Å². The van der Waals surface area contributed by atoms with Crippen LogP contribution in [-0.4, -0.2) is 30.7 Å². The summed E-state index contributed by atoms with van der Waals surface area (Å²) >= 11 is 0. The Morgan fingerprint density at radius 1 is 0.857 bits per heavy atom. The molecule has 5 aromatic rings. The number of rotatable bonds is 8. The lowest BCUT2D eigenvalue weighted by molar-refractivity contribution is -0.116. The lowest BCUT2D eigenvalue weighted by Gasteiger charge is -2.03. The zero-order valence-corrected chi connectivity index (χ0v) is 19.0. The fourth-order valence-corrected chi connectivity index (χ4v) is 3.73. The van der Waals surface area contributed by atoms with Gasteiger partial charge < -0.3 is 5.32 Å². The molecule has 1 amide bonds. The standard InChI is InChI=1S/C28H24N6O/c35-27(17-16-25-21-33(32-30-25)19-22-10-4-1-5-11-22)29-18-24-20-34(26-14-8-3-9-15-26)31-28(24)23-12-6-2-7-13-23/h1-17,20-21H,18-19H2,(H,29,35)/b17-16+. The highest BCUT2D eigenvalue weighted by molar-refractivity contribution is 5.91. The van der Waals surface area contributed by atoms with Crippen molar-refractivity contribution in [3.63, 3.8) is 0 Å². The third-order valence-electron chi connectivity index (χ3n) is 5.46. The van der Waals surface area contributed by atoms with Crippen molar-refractivity contribution in [1.29, 1.82) is 0 Å². The van der Waals surface area contributed by atoms with Gasteiger partial charge in [0.1, 0.15) is 5.69 Å². The highest BCUT2D eigenvalue weighted by atomic mass is 16.1. The molecular formula is C28H24N6O. The first kappa shape index (κ1) is 22.0. The number of amides is 1. The fourth-order valence-electron chi connectivity index (χ4n) is 3.73. The minimum Gasteiger partial charge on any atom is -0.348 e. The Balaban J connectivity index is 1.26. The number of benzene rings is 3. The lowest BCUT2D eigenvalue weighted by atomic mass is 10.1. The summed E-state index contributed by atoms with van der Waals surface area (Å²) in [7, 11) is 0. The number of para-hydroxylation sites is 1. The molecule has 0 unspecified atom stereocenters. The van der Waals surface area contributed by atoms with Crippen molar-refractivity contribution in [3.05, 3.63) is 126 Å². The van der Waals surface area contributed by atoms with Crippen LogP contribution in [0.25, 0.3) is 23.0 Å². The quantitative estimate of drug-likeness (QED) is 0.346. The van der Waals surface area contributed by atoms with Crippen molar-refractivity contribution in [2.45, 2.75) is 13.1 Å². The number of aromatic nitrogens is 5. The van der Waals surface area contributed by atoms with Gasteiger partial charge in [-0.2, -0.15) is 5.10 Å². The number of nitrogens with zero attached hydrogens (tertiary/aromatic N) is 5. The summed E-state index contributed by atoms with van der Waals surface area (Å²) in [6, 6.07) is 29.9. The van der Waals surface area contributed by atoms with Crippen LogP contribution in [0.15, 0.2) is 109 Å². The van der Waals surface area contributed by atoms with Gasteiger partial charge in [0.2, 0.25) is 5.91 Å². The number of nitrogens with one attached hydrogen (secondary N) is 1. The monoisotopic (exact) mass is 460 g/mol. The van der Waals surface area contributed by atoms with Gasteiger partial charge in [-0.05, 0) is 23.8 Å². The Bertz CT molecular complexity index is 1420. The van der Waals surface area contributed by atoms with Crippen LogP contribution in [0.3, 0.4) is 0 Å². The van der Waals surface area contributed by atoms with Crippen LogP contribution in [0, 0.1) is 0 Å². The molecule has 7 heteroatoms. The van der Waals surface area contributed by atoms with Crippen molar-refractivity contribution in [1.82, 2.24) is 30.1 Å². The summed E-state index contributed by atoms with van der Waals surface area (Å²) < 4.78 is 3.59. The van der Waals surface area contributed by atoms with Crippen LogP contribution in [0.2, 0.25) is 0 Å². The van der Waals surface area contributed by atoms with E-state index < -0.39 is 0 Å². The van der Waals surface area contributed by atoms with Gasteiger partial charge in [0, 0.05) is 29.9 Å². The van der Waals surface area contributed by atoms with E-state index in [1.165, 1.54) is 6.08 Å². The first-order valence-corrected chi connectivity index (χ1v) is 11.3. The van der Waals surface area contributed by atoms with E-state index in [0.717, 1.165) is 28.1 Å². The van der Waals surface area contributed by atoms with Gasteiger partial charge in [0.25, 0.3) is 0 Å². The Morgan fingerprint density at radius 2 is 1.54 bits per heavy atom. The van der Waals surface area contributed by atoms with Crippen LogP contribution >= 0.6 is 0 Å². The maximum atomic E-state index is 12.5. The van der Waals surface area contributed by atoms with E-state index in [0.29, 0.717) is 18.8 Å². The average Bonchev–Trinajstić information content (AvgIpc) is 3.55. The number of carbonyl (C=O) groups excluding carboxylic acids is 1. The molecule has 3 aromatic carbocycles. The molecule has 2 aromatic heterocycles. The second kappa shape index (κ2) is 10.4. The van der Waals surface area contributed by atoms with Crippen molar-refractivity contribution in [2.75, 3.05) is 0 Å². The summed E-state index contributed by atoms with van der Waals surface area (Å²) in [4.78, 5) is 12.5. The van der Waals surface area contributed by atoms with Gasteiger partial charge in [0.05, 0.1) is 24.1 Å². The van der Waals surface area contributed by atoms with Crippen LogP contribution < -0.4 is 5.32 Å². The zero-order valence-electron chi connectivity index (χ0n) is 19.0. The highest BCUT2D eigenvalue weighted by Crippen LogP contribution is 2.23. The average molecular weight is 461 g/mol. The highest BCUT2D eigenvalue weighted by Gasteiger charge is 2.13. The largest absolute Gasteiger partial charge is 0.348 e. The Kier molecular flexibility index (Phi) is 6.57. The van der Waals surface area contributed by atoms with Gasteiger partial charge >= 0.3 is 0 Å². The molecule has 2 heterocycles. The van der Waals surface area contributed by atoms with E-state index in [1.807, 2.05) is 108 Å². The summed E-state index contributed by atoms with van der Waals surface area (Å²) in [5.74, 6) is -0.214. The maximum absolute atomic E-state index is 12.5. The molecule has 0 radical (unpaired) electrons. The maximum Gasteiger partial charge on any atom is 0.244 e. The lowest BCUT2D eigenvalue weighted by Crippen LogP contribution is -2.20. The molecule has 0 saturated heterocycles. The van der Waals surface area contributed by atoms with Gasteiger partial charge in [-0.25, -0.2) is 9.36 Å². The molecule has 7 nitrogen and oxygen atoms in total.